The summed E-state index contributed by atoms with van der Waals surface area (Å²) in [5.74, 6) is -2.48. The summed E-state index contributed by atoms with van der Waals surface area (Å²) in [6.45, 7) is 0. The number of carbonyl (C=O) groups is 2. The zero-order valence-corrected chi connectivity index (χ0v) is 19.1. The second-order valence-electron chi connectivity index (χ2n) is 7.17. The van der Waals surface area contributed by atoms with Gasteiger partial charge in [0.2, 0.25) is 0 Å². The molecule has 1 aliphatic heterocycles. The molecule has 0 aliphatic carbocycles. The minimum atomic E-state index is -0.913. The third kappa shape index (κ3) is 3.89. The second-order valence-corrected chi connectivity index (χ2v) is 7.78. The minimum Gasteiger partial charge on any atom is -0.466 e. The molecule has 1 aromatic heterocycles. The summed E-state index contributed by atoms with van der Waals surface area (Å²) in [4.78, 5) is 27.4. The van der Waals surface area contributed by atoms with E-state index in [1.54, 1.807) is 60.0 Å². The Morgan fingerprint density at radius 2 is 1.74 bits per heavy atom. The molecule has 0 bridgehead atoms. The molecule has 2 N–H and O–H groups in total. The van der Waals surface area contributed by atoms with Crippen LogP contribution in [-0.2, 0) is 19.1 Å². The van der Waals surface area contributed by atoms with Crippen molar-refractivity contribution in [1.82, 2.24) is 9.59 Å². The summed E-state index contributed by atoms with van der Waals surface area (Å²) in [5, 5.41) is 15.9. The molecule has 2 heterocycles. The van der Waals surface area contributed by atoms with Crippen LogP contribution >= 0.6 is 11.5 Å². The number of hydrogen-bond donors (Lipinski definition) is 1. The Hall–Kier alpha value is -4.49. The maximum Gasteiger partial charge on any atom is 0.355 e. The molecule has 34 heavy (non-hydrogen) atoms. The maximum absolute atomic E-state index is 13.0. The predicted octanol–water partition coefficient (Wildman–Crippen LogP) is 3.10. The van der Waals surface area contributed by atoms with Crippen molar-refractivity contribution >= 4 is 29.2 Å². The third-order valence-corrected chi connectivity index (χ3v) is 5.90. The van der Waals surface area contributed by atoms with E-state index in [9.17, 15) is 14.9 Å². The molecule has 0 saturated carbocycles. The average Bonchev–Trinajstić information content (AvgIpc) is 3.42. The molecule has 1 unspecified atom stereocenters. The van der Waals surface area contributed by atoms with E-state index >= 15 is 0 Å². The fourth-order valence-corrected chi connectivity index (χ4v) is 4.32. The lowest BCUT2D eigenvalue weighted by Crippen LogP contribution is -2.40. The van der Waals surface area contributed by atoms with Gasteiger partial charge in [0.05, 0.1) is 37.4 Å². The van der Waals surface area contributed by atoms with Crippen molar-refractivity contribution in [2.75, 3.05) is 19.1 Å². The quantitative estimate of drug-likeness (QED) is 0.555. The van der Waals surface area contributed by atoms with Crippen molar-refractivity contribution in [1.29, 1.82) is 5.26 Å². The van der Waals surface area contributed by atoms with Gasteiger partial charge < -0.3 is 15.2 Å². The van der Waals surface area contributed by atoms with Crippen LogP contribution in [-0.4, -0.2) is 35.7 Å². The molecule has 170 valence electrons. The lowest BCUT2D eigenvalue weighted by atomic mass is 9.81. The summed E-state index contributed by atoms with van der Waals surface area (Å²) in [7, 11) is 2.42. The van der Waals surface area contributed by atoms with Gasteiger partial charge in [-0.3, -0.25) is 4.90 Å². The molecule has 0 radical (unpaired) electrons. The highest BCUT2D eigenvalue weighted by atomic mass is 32.1. The number of allylic oxidation sites excluding steroid dienone is 1. The molecular formula is C24H19N5O4S. The van der Waals surface area contributed by atoms with E-state index in [-0.39, 0.29) is 22.7 Å². The van der Waals surface area contributed by atoms with Gasteiger partial charge in [0.1, 0.15) is 17.2 Å². The van der Waals surface area contributed by atoms with E-state index in [2.05, 4.69) is 15.7 Å². The van der Waals surface area contributed by atoms with Gasteiger partial charge in [0.15, 0.2) is 0 Å². The van der Waals surface area contributed by atoms with Crippen LogP contribution in [0.5, 0.6) is 0 Å². The molecule has 10 heteroatoms. The van der Waals surface area contributed by atoms with E-state index in [1.165, 1.54) is 30.7 Å². The number of nitrogens with zero attached hydrogens (tertiary/aromatic N) is 4. The molecule has 4 rings (SSSR count). The SMILES string of the molecule is COC(=O)C1=C(C(=O)OC)N(c2ccc(-c3csnn3)cc2)C(N)=C(C#N)C1c1ccccc1. The van der Waals surface area contributed by atoms with E-state index in [1.807, 2.05) is 0 Å². The van der Waals surface area contributed by atoms with Gasteiger partial charge in [-0.25, -0.2) is 9.59 Å². The maximum atomic E-state index is 13.0. The Labute approximate surface area is 199 Å². The van der Waals surface area contributed by atoms with Gasteiger partial charge in [-0.2, -0.15) is 5.26 Å². The predicted molar refractivity (Wildman–Crippen MR) is 125 cm³/mol. The van der Waals surface area contributed by atoms with Gasteiger partial charge in [-0.1, -0.05) is 47.0 Å². The van der Waals surface area contributed by atoms with Crippen molar-refractivity contribution in [2.45, 2.75) is 5.92 Å². The number of methoxy groups -OCH3 is 2. The van der Waals surface area contributed by atoms with Crippen LogP contribution in [0, 0.1) is 11.3 Å². The number of ether oxygens (including phenoxy) is 2. The fourth-order valence-electron chi connectivity index (χ4n) is 3.85. The molecule has 1 atom stereocenters. The first-order valence-corrected chi connectivity index (χ1v) is 10.9. The van der Waals surface area contributed by atoms with E-state index in [4.69, 9.17) is 15.2 Å². The first-order valence-electron chi connectivity index (χ1n) is 10.0. The number of hydrogen-bond acceptors (Lipinski definition) is 10. The van der Waals surface area contributed by atoms with Crippen LogP contribution < -0.4 is 10.6 Å². The van der Waals surface area contributed by atoms with Crippen LogP contribution in [0.4, 0.5) is 5.69 Å². The zero-order valence-electron chi connectivity index (χ0n) is 18.3. The number of benzene rings is 2. The van der Waals surface area contributed by atoms with Gasteiger partial charge in [-0.15, -0.1) is 5.10 Å². The minimum absolute atomic E-state index is 0.00693. The van der Waals surface area contributed by atoms with Crippen molar-refractivity contribution < 1.29 is 19.1 Å². The highest BCUT2D eigenvalue weighted by Crippen LogP contribution is 2.43. The van der Waals surface area contributed by atoms with Crippen LogP contribution in [0.25, 0.3) is 11.3 Å². The number of anilines is 1. The summed E-state index contributed by atoms with van der Waals surface area (Å²) < 4.78 is 13.9. The molecule has 0 spiro atoms. The van der Waals surface area contributed by atoms with Gasteiger partial charge >= 0.3 is 11.9 Å². The van der Waals surface area contributed by atoms with Crippen LogP contribution in [0.2, 0.25) is 0 Å². The Balaban J connectivity index is 1.96. The Morgan fingerprint density at radius 1 is 1.06 bits per heavy atom. The largest absolute Gasteiger partial charge is 0.466 e. The van der Waals surface area contributed by atoms with Gasteiger partial charge in [0, 0.05) is 16.6 Å². The smallest absolute Gasteiger partial charge is 0.355 e. The second kappa shape index (κ2) is 9.56. The van der Waals surface area contributed by atoms with E-state index in [0.29, 0.717) is 16.9 Å². The van der Waals surface area contributed by atoms with Crippen molar-refractivity contribution in [2.24, 2.45) is 5.73 Å². The Bertz CT molecular complexity index is 1330. The normalized spacial score (nSPS) is 15.7. The van der Waals surface area contributed by atoms with Crippen molar-refractivity contribution in [3.8, 4) is 17.3 Å². The van der Waals surface area contributed by atoms with Crippen LogP contribution in [0.1, 0.15) is 11.5 Å². The highest BCUT2D eigenvalue weighted by molar-refractivity contribution is 7.03. The number of rotatable bonds is 5. The van der Waals surface area contributed by atoms with Gasteiger partial charge in [0.25, 0.3) is 0 Å². The molecule has 0 amide bonds. The first-order chi connectivity index (χ1) is 16.5. The van der Waals surface area contributed by atoms with Crippen LogP contribution in [0.15, 0.2) is 82.6 Å². The molecule has 3 aromatic rings. The summed E-state index contributed by atoms with van der Waals surface area (Å²) >= 11 is 1.23. The molecule has 9 nitrogen and oxygen atoms in total. The zero-order chi connectivity index (χ0) is 24.2. The number of carbonyl (C=O) groups excluding carboxylic acids is 2. The van der Waals surface area contributed by atoms with Crippen LogP contribution in [0.3, 0.4) is 0 Å². The average molecular weight is 474 g/mol. The third-order valence-electron chi connectivity index (χ3n) is 5.39. The van der Waals surface area contributed by atoms with Crippen molar-refractivity contribution in [3.63, 3.8) is 0 Å². The first kappa shape index (κ1) is 22.7. The number of nitrogens with two attached hydrogens (primary N) is 1. The summed E-state index contributed by atoms with van der Waals surface area (Å²) in [6, 6.07) is 17.9. The fraction of sp³-hybridized carbons (Fsp3) is 0.125. The molecule has 0 saturated heterocycles. The molecule has 2 aromatic carbocycles. The monoisotopic (exact) mass is 473 g/mol. The van der Waals surface area contributed by atoms with E-state index < -0.39 is 17.9 Å². The standard InChI is InChI=1S/C24H19N5O4S/c1-32-23(30)20-19(15-6-4-3-5-7-15)17(12-25)22(26)29(21(20)24(31)33-2)16-10-8-14(9-11-16)18-13-34-28-27-18/h3-11,13,19H,26H2,1-2H3. The number of esters is 2. The Kier molecular flexibility index (Phi) is 6.38. The lowest BCUT2D eigenvalue weighted by Gasteiger charge is -2.35. The van der Waals surface area contributed by atoms with Crippen molar-refractivity contribution in [3.05, 3.63) is 88.2 Å². The Morgan fingerprint density at radius 3 is 2.29 bits per heavy atom. The highest BCUT2D eigenvalue weighted by Gasteiger charge is 2.42. The summed E-state index contributed by atoms with van der Waals surface area (Å²) in [5.41, 5.74) is 8.97. The van der Waals surface area contributed by atoms with Gasteiger partial charge in [-0.05, 0) is 29.2 Å². The number of nitriles is 1. The number of aromatic nitrogens is 2. The summed E-state index contributed by atoms with van der Waals surface area (Å²) in [6.07, 6.45) is 0. The molecular weight excluding hydrogens is 454 g/mol. The topological polar surface area (TPSA) is 131 Å². The molecule has 1 aliphatic rings. The van der Waals surface area contributed by atoms with E-state index in [0.717, 1.165) is 5.56 Å². The lowest BCUT2D eigenvalue weighted by molar-refractivity contribution is -0.139. The molecule has 0 fully saturated rings.